The number of sulfone groups is 1. The Labute approximate surface area is 148 Å². The van der Waals surface area contributed by atoms with Gasteiger partial charge in [-0.25, -0.2) is 8.42 Å². The summed E-state index contributed by atoms with van der Waals surface area (Å²) in [7, 11) is -1.54. The zero-order chi connectivity index (χ0) is 17.9. The molecule has 2 saturated heterocycles. The maximum absolute atomic E-state index is 11.6. The lowest BCUT2D eigenvalue weighted by Crippen LogP contribution is -2.62. The number of benzene rings is 1. The number of piperazine rings is 1. The standard InChI is InChI=1S/C16H26N4O4S/c1-23-16-15(11-3-5-12(6-4-11)25(2,21)22)20-13(9-19-16)18-10-14-17-7-8-24-14/h3-6,13-20H,7-10H2,1-2H3. The van der Waals surface area contributed by atoms with Gasteiger partial charge in [-0.2, -0.15) is 0 Å². The van der Waals surface area contributed by atoms with Gasteiger partial charge in [-0.05, 0) is 17.7 Å². The Kier molecular flexibility index (Phi) is 6.05. The van der Waals surface area contributed by atoms with Crippen molar-refractivity contribution in [2.45, 2.75) is 29.6 Å². The SMILES string of the molecule is COC1NCC(NCC2NCCO2)NC1c1ccc(S(C)(=O)=O)cc1. The Bertz CT molecular complexity index is 661. The van der Waals surface area contributed by atoms with Gasteiger partial charge in [-0.15, -0.1) is 0 Å². The highest BCUT2D eigenvalue weighted by atomic mass is 32.2. The summed E-state index contributed by atoms with van der Waals surface area (Å²) in [4.78, 5) is 0.313. The Morgan fingerprint density at radius 3 is 2.64 bits per heavy atom. The van der Waals surface area contributed by atoms with Crippen LogP contribution >= 0.6 is 0 Å². The summed E-state index contributed by atoms with van der Waals surface area (Å²) in [5.41, 5.74) is 0.966. The number of hydrogen-bond acceptors (Lipinski definition) is 8. The predicted octanol–water partition coefficient (Wildman–Crippen LogP) is -0.842. The number of hydrogen-bond donors (Lipinski definition) is 4. The molecule has 0 amide bonds. The molecular weight excluding hydrogens is 344 g/mol. The van der Waals surface area contributed by atoms with Crippen LogP contribution in [0.2, 0.25) is 0 Å². The molecule has 0 spiro atoms. The van der Waals surface area contributed by atoms with Crippen molar-refractivity contribution in [3.63, 3.8) is 0 Å². The number of rotatable bonds is 6. The topological polar surface area (TPSA) is 101 Å². The van der Waals surface area contributed by atoms with Gasteiger partial charge in [-0.3, -0.25) is 21.3 Å². The quantitative estimate of drug-likeness (QED) is 0.514. The average molecular weight is 370 g/mol. The van der Waals surface area contributed by atoms with Crippen molar-refractivity contribution in [1.82, 2.24) is 21.3 Å². The van der Waals surface area contributed by atoms with Crippen LogP contribution in [0.5, 0.6) is 0 Å². The molecule has 1 aromatic carbocycles. The van der Waals surface area contributed by atoms with E-state index < -0.39 is 9.84 Å². The van der Waals surface area contributed by atoms with Crippen molar-refractivity contribution in [1.29, 1.82) is 0 Å². The summed E-state index contributed by atoms with van der Waals surface area (Å²) in [6.07, 6.45) is 1.11. The van der Waals surface area contributed by atoms with E-state index in [9.17, 15) is 8.42 Å². The molecule has 4 N–H and O–H groups in total. The van der Waals surface area contributed by atoms with Crippen LogP contribution in [0.3, 0.4) is 0 Å². The van der Waals surface area contributed by atoms with E-state index in [0.29, 0.717) is 18.0 Å². The van der Waals surface area contributed by atoms with Gasteiger partial charge in [-0.1, -0.05) is 12.1 Å². The summed E-state index contributed by atoms with van der Waals surface area (Å²) in [6.45, 7) is 3.04. The first-order chi connectivity index (χ1) is 12.0. The second-order valence-electron chi connectivity index (χ2n) is 6.32. The zero-order valence-electron chi connectivity index (χ0n) is 14.5. The maximum Gasteiger partial charge on any atom is 0.175 e. The Morgan fingerprint density at radius 1 is 1.28 bits per heavy atom. The molecule has 0 aliphatic carbocycles. The molecule has 25 heavy (non-hydrogen) atoms. The van der Waals surface area contributed by atoms with Crippen LogP contribution in [0.1, 0.15) is 11.6 Å². The molecule has 0 bridgehead atoms. The summed E-state index contributed by atoms with van der Waals surface area (Å²) in [5, 5.41) is 13.6. The molecule has 9 heteroatoms. The van der Waals surface area contributed by atoms with Crippen molar-refractivity contribution >= 4 is 9.84 Å². The van der Waals surface area contributed by atoms with E-state index >= 15 is 0 Å². The molecule has 4 unspecified atom stereocenters. The third-order valence-corrected chi connectivity index (χ3v) is 5.60. The molecule has 140 valence electrons. The minimum absolute atomic E-state index is 0.0365. The Morgan fingerprint density at radius 2 is 2.04 bits per heavy atom. The molecule has 1 aromatic rings. The van der Waals surface area contributed by atoms with Crippen molar-refractivity contribution < 1.29 is 17.9 Å². The van der Waals surface area contributed by atoms with Gasteiger partial charge >= 0.3 is 0 Å². The van der Waals surface area contributed by atoms with E-state index in [1.54, 1.807) is 19.2 Å². The van der Waals surface area contributed by atoms with Gasteiger partial charge in [0.05, 0.1) is 23.7 Å². The van der Waals surface area contributed by atoms with Gasteiger partial charge in [0.15, 0.2) is 9.84 Å². The molecule has 3 rings (SSSR count). The molecule has 2 aliphatic rings. The third kappa shape index (κ3) is 4.76. The number of ether oxygens (including phenoxy) is 2. The third-order valence-electron chi connectivity index (χ3n) is 4.47. The van der Waals surface area contributed by atoms with Crippen LogP contribution in [0.15, 0.2) is 29.2 Å². The highest BCUT2D eigenvalue weighted by Gasteiger charge is 2.31. The van der Waals surface area contributed by atoms with E-state index in [1.807, 2.05) is 12.1 Å². The molecule has 2 heterocycles. The van der Waals surface area contributed by atoms with E-state index in [0.717, 1.165) is 18.7 Å². The van der Waals surface area contributed by atoms with Gasteiger partial charge in [0, 0.05) is 33.0 Å². The summed E-state index contributed by atoms with van der Waals surface area (Å²) >= 11 is 0. The van der Waals surface area contributed by atoms with Crippen LogP contribution in [0, 0.1) is 0 Å². The van der Waals surface area contributed by atoms with Crippen LogP contribution in [-0.4, -0.2) is 66.6 Å². The molecule has 0 aromatic heterocycles. The van der Waals surface area contributed by atoms with Crippen molar-refractivity contribution in [2.75, 3.05) is 39.6 Å². The van der Waals surface area contributed by atoms with Crippen LogP contribution < -0.4 is 21.3 Å². The highest BCUT2D eigenvalue weighted by molar-refractivity contribution is 7.90. The van der Waals surface area contributed by atoms with Gasteiger partial charge in [0.2, 0.25) is 0 Å². The second kappa shape index (κ2) is 8.09. The number of nitrogens with one attached hydrogen (secondary N) is 4. The summed E-state index contributed by atoms with van der Waals surface area (Å²) in [5.74, 6) is 0. The lowest BCUT2D eigenvalue weighted by atomic mass is 10.0. The van der Waals surface area contributed by atoms with Crippen LogP contribution in [-0.2, 0) is 19.3 Å². The second-order valence-corrected chi connectivity index (χ2v) is 8.34. The van der Waals surface area contributed by atoms with Gasteiger partial charge < -0.3 is 9.47 Å². The molecule has 4 atom stereocenters. The molecule has 0 radical (unpaired) electrons. The van der Waals surface area contributed by atoms with Crippen molar-refractivity contribution in [3.05, 3.63) is 29.8 Å². The summed E-state index contributed by atoms with van der Waals surface area (Å²) in [6, 6.07) is 6.82. The van der Waals surface area contributed by atoms with Crippen LogP contribution in [0.4, 0.5) is 0 Å². The molecule has 0 saturated carbocycles. The molecular formula is C16H26N4O4S. The fraction of sp³-hybridized carbons (Fsp3) is 0.625. The lowest BCUT2D eigenvalue weighted by molar-refractivity contribution is 0.00956. The van der Waals surface area contributed by atoms with E-state index in [1.165, 1.54) is 6.26 Å². The monoisotopic (exact) mass is 370 g/mol. The Hall–Kier alpha value is -1.07. The van der Waals surface area contributed by atoms with Crippen molar-refractivity contribution in [2.24, 2.45) is 0 Å². The fourth-order valence-corrected chi connectivity index (χ4v) is 3.75. The molecule has 2 fully saturated rings. The minimum Gasteiger partial charge on any atom is -0.365 e. The minimum atomic E-state index is -3.20. The molecule has 8 nitrogen and oxygen atoms in total. The van der Waals surface area contributed by atoms with Gasteiger partial charge in [0.1, 0.15) is 12.5 Å². The lowest BCUT2D eigenvalue weighted by Gasteiger charge is -2.38. The summed E-state index contributed by atoms with van der Waals surface area (Å²) < 4.78 is 34.3. The molecule has 2 aliphatic heterocycles. The first-order valence-electron chi connectivity index (χ1n) is 8.38. The smallest absolute Gasteiger partial charge is 0.175 e. The first kappa shape index (κ1) is 18.7. The van der Waals surface area contributed by atoms with E-state index in [4.69, 9.17) is 9.47 Å². The maximum atomic E-state index is 11.6. The number of methoxy groups -OCH3 is 1. The largest absolute Gasteiger partial charge is 0.365 e. The zero-order valence-corrected chi connectivity index (χ0v) is 15.3. The van der Waals surface area contributed by atoms with Crippen molar-refractivity contribution in [3.8, 4) is 0 Å². The van der Waals surface area contributed by atoms with Crippen LogP contribution in [0.25, 0.3) is 0 Å². The van der Waals surface area contributed by atoms with E-state index in [-0.39, 0.29) is 24.7 Å². The average Bonchev–Trinajstić information content (AvgIpc) is 3.12. The predicted molar refractivity (Wildman–Crippen MR) is 93.8 cm³/mol. The fourth-order valence-electron chi connectivity index (χ4n) is 3.12. The highest BCUT2D eigenvalue weighted by Crippen LogP contribution is 2.22. The van der Waals surface area contributed by atoms with Gasteiger partial charge in [0.25, 0.3) is 0 Å². The first-order valence-corrected chi connectivity index (χ1v) is 10.3. The Balaban J connectivity index is 1.66. The van der Waals surface area contributed by atoms with E-state index in [2.05, 4.69) is 21.3 Å². The normalized spacial score (nSPS) is 30.5.